The van der Waals surface area contributed by atoms with Gasteiger partial charge in [-0.1, -0.05) is 13.8 Å². The van der Waals surface area contributed by atoms with Gasteiger partial charge in [-0.25, -0.2) is 8.42 Å². The predicted molar refractivity (Wildman–Crippen MR) is 119 cm³/mol. The summed E-state index contributed by atoms with van der Waals surface area (Å²) in [6.45, 7) is 14.3. The van der Waals surface area contributed by atoms with Crippen molar-refractivity contribution in [3.63, 3.8) is 0 Å². The molecule has 26 heavy (non-hydrogen) atoms. The largest absolute Gasteiger partial charge is 0.374 e. The van der Waals surface area contributed by atoms with E-state index >= 15 is 0 Å². The lowest BCUT2D eigenvalue weighted by molar-refractivity contribution is -0.0284. The van der Waals surface area contributed by atoms with Crippen LogP contribution in [0.2, 0.25) is 0 Å². The summed E-state index contributed by atoms with van der Waals surface area (Å²) in [6.07, 6.45) is 0.115. The SMILES string of the molecule is CN=C(NCCS(=O)(=O)C(C)(C)C)NCC1CN(CC(C)C)CCO1.I. The van der Waals surface area contributed by atoms with Gasteiger partial charge < -0.3 is 15.4 Å². The van der Waals surface area contributed by atoms with Crippen molar-refractivity contribution >= 4 is 39.8 Å². The molecule has 1 rings (SSSR count). The van der Waals surface area contributed by atoms with E-state index in [2.05, 4.69) is 34.4 Å². The molecule has 1 aliphatic heterocycles. The molecule has 1 unspecified atom stereocenters. The van der Waals surface area contributed by atoms with Crippen molar-refractivity contribution in [3.8, 4) is 0 Å². The molecule has 0 aromatic heterocycles. The number of halogens is 1. The number of hydrogen-bond donors (Lipinski definition) is 2. The van der Waals surface area contributed by atoms with Crippen molar-refractivity contribution in [3.05, 3.63) is 0 Å². The molecule has 1 fully saturated rings. The lowest BCUT2D eigenvalue weighted by atomic mass is 10.2. The summed E-state index contributed by atoms with van der Waals surface area (Å²) in [5, 5.41) is 6.30. The smallest absolute Gasteiger partial charge is 0.191 e. The van der Waals surface area contributed by atoms with Gasteiger partial charge in [-0.15, -0.1) is 24.0 Å². The molecule has 1 heterocycles. The molecule has 9 heteroatoms. The number of morpholine rings is 1. The Balaban J connectivity index is 0.00000625. The Labute approximate surface area is 176 Å². The third-order valence-electron chi connectivity index (χ3n) is 4.16. The van der Waals surface area contributed by atoms with E-state index in [-0.39, 0.29) is 35.8 Å². The Morgan fingerprint density at radius 2 is 1.96 bits per heavy atom. The van der Waals surface area contributed by atoms with E-state index in [1.54, 1.807) is 27.8 Å². The van der Waals surface area contributed by atoms with Gasteiger partial charge in [0.2, 0.25) is 0 Å². The summed E-state index contributed by atoms with van der Waals surface area (Å²) in [7, 11) is -1.45. The molecule has 0 saturated carbocycles. The zero-order chi connectivity index (χ0) is 19.1. The van der Waals surface area contributed by atoms with Crippen LogP contribution < -0.4 is 10.6 Å². The Morgan fingerprint density at radius 1 is 1.31 bits per heavy atom. The van der Waals surface area contributed by atoms with Crippen molar-refractivity contribution in [2.45, 2.75) is 45.5 Å². The van der Waals surface area contributed by atoms with Crippen LogP contribution in [0.15, 0.2) is 4.99 Å². The number of hydrogen-bond acceptors (Lipinski definition) is 5. The van der Waals surface area contributed by atoms with Crippen LogP contribution in [-0.2, 0) is 14.6 Å². The van der Waals surface area contributed by atoms with Crippen molar-refractivity contribution in [1.82, 2.24) is 15.5 Å². The van der Waals surface area contributed by atoms with Crippen LogP contribution in [0.1, 0.15) is 34.6 Å². The van der Waals surface area contributed by atoms with Gasteiger partial charge >= 0.3 is 0 Å². The second kappa shape index (κ2) is 11.7. The second-order valence-corrected chi connectivity index (χ2v) is 10.8. The van der Waals surface area contributed by atoms with Crippen molar-refractivity contribution in [2.24, 2.45) is 10.9 Å². The summed E-state index contributed by atoms with van der Waals surface area (Å²) in [4.78, 5) is 6.58. The lowest BCUT2D eigenvalue weighted by Crippen LogP contribution is -2.50. The van der Waals surface area contributed by atoms with Crippen LogP contribution in [0.3, 0.4) is 0 Å². The fourth-order valence-electron chi connectivity index (χ4n) is 2.63. The minimum atomic E-state index is -3.13. The molecule has 0 radical (unpaired) electrons. The third kappa shape index (κ3) is 9.18. The van der Waals surface area contributed by atoms with E-state index in [1.807, 2.05) is 0 Å². The molecular weight excluding hydrogens is 467 g/mol. The molecule has 1 atom stereocenters. The monoisotopic (exact) mass is 504 g/mol. The Bertz CT molecular complexity index is 533. The Kier molecular flexibility index (Phi) is 11.6. The van der Waals surface area contributed by atoms with E-state index in [0.717, 1.165) is 26.2 Å². The van der Waals surface area contributed by atoms with Gasteiger partial charge in [0.05, 0.1) is 23.2 Å². The first kappa shape index (κ1) is 25.9. The Morgan fingerprint density at radius 3 is 2.50 bits per heavy atom. The van der Waals surface area contributed by atoms with Crippen LogP contribution in [-0.4, -0.2) is 82.3 Å². The van der Waals surface area contributed by atoms with Crippen LogP contribution in [0.4, 0.5) is 0 Å². The van der Waals surface area contributed by atoms with Gasteiger partial charge in [0.25, 0.3) is 0 Å². The molecule has 1 saturated heterocycles. The molecule has 2 N–H and O–H groups in total. The van der Waals surface area contributed by atoms with E-state index < -0.39 is 14.6 Å². The highest BCUT2D eigenvalue weighted by molar-refractivity contribution is 14.0. The van der Waals surface area contributed by atoms with E-state index in [4.69, 9.17) is 4.74 Å². The normalized spacial score (nSPS) is 20.0. The zero-order valence-electron chi connectivity index (χ0n) is 17.0. The predicted octanol–water partition coefficient (Wildman–Crippen LogP) is 1.34. The first-order valence-electron chi connectivity index (χ1n) is 9.06. The summed E-state index contributed by atoms with van der Waals surface area (Å²) < 4.78 is 29.3. The third-order valence-corrected chi connectivity index (χ3v) is 6.77. The molecule has 0 amide bonds. The lowest BCUT2D eigenvalue weighted by Gasteiger charge is -2.34. The van der Waals surface area contributed by atoms with Crippen LogP contribution in [0.25, 0.3) is 0 Å². The van der Waals surface area contributed by atoms with Crippen LogP contribution >= 0.6 is 24.0 Å². The van der Waals surface area contributed by atoms with Gasteiger partial charge in [0, 0.05) is 39.8 Å². The molecular formula is C17H37IN4O3S. The Hall–Kier alpha value is -0.130. The summed E-state index contributed by atoms with van der Waals surface area (Å²) in [5.74, 6) is 1.33. The maximum absolute atomic E-state index is 12.1. The number of guanidine groups is 1. The molecule has 0 aromatic carbocycles. The number of ether oxygens (including phenoxy) is 1. The molecule has 7 nitrogen and oxygen atoms in total. The minimum Gasteiger partial charge on any atom is -0.374 e. The number of nitrogens with zero attached hydrogens (tertiary/aromatic N) is 2. The van der Waals surface area contributed by atoms with Gasteiger partial charge in [0.15, 0.2) is 15.8 Å². The molecule has 156 valence electrons. The van der Waals surface area contributed by atoms with E-state index in [0.29, 0.717) is 25.0 Å². The molecule has 0 aliphatic carbocycles. The highest BCUT2D eigenvalue weighted by atomic mass is 127. The van der Waals surface area contributed by atoms with Crippen molar-refractivity contribution in [1.29, 1.82) is 0 Å². The summed E-state index contributed by atoms with van der Waals surface area (Å²) >= 11 is 0. The van der Waals surface area contributed by atoms with Crippen LogP contribution in [0.5, 0.6) is 0 Å². The number of aliphatic imine (C=N–C) groups is 1. The van der Waals surface area contributed by atoms with E-state index in [1.165, 1.54) is 0 Å². The maximum atomic E-state index is 12.1. The first-order chi connectivity index (χ1) is 11.5. The highest BCUT2D eigenvalue weighted by Gasteiger charge is 2.28. The number of rotatable bonds is 7. The molecule has 0 aromatic rings. The van der Waals surface area contributed by atoms with E-state index in [9.17, 15) is 8.42 Å². The average molecular weight is 504 g/mol. The maximum Gasteiger partial charge on any atom is 0.191 e. The van der Waals surface area contributed by atoms with Crippen molar-refractivity contribution < 1.29 is 13.2 Å². The zero-order valence-corrected chi connectivity index (χ0v) is 20.2. The quantitative estimate of drug-likeness (QED) is 0.310. The standard InChI is InChI=1S/C17H36N4O3S.HI/c1-14(2)12-21-8-9-24-15(13-21)11-20-16(18-6)19-7-10-25(22,23)17(3,4)5;/h14-15H,7-13H2,1-6H3,(H2,18,19,20);1H. The topological polar surface area (TPSA) is 83.0 Å². The number of sulfone groups is 1. The minimum absolute atomic E-state index is 0. The molecule has 1 aliphatic rings. The number of nitrogens with one attached hydrogen (secondary N) is 2. The van der Waals surface area contributed by atoms with Gasteiger partial charge in [-0.2, -0.15) is 0 Å². The average Bonchev–Trinajstić information content (AvgIpc) is 2.49. The fraction of sp³-hybridized carbons (Fsp3) is 0.941. The van der Waals surface area contributed by atoms with Crippen molar-refractivity contribution in [2.75, 3.05) is 52.1 Å². The second-order valence-electron chi connectivity index (χ2n) is 7.96. The van der Waals surface area contributed by atoms with Crippen LogP contribution in [0, 0.1) is 5.92 Å². The highest BCUT2D eigenvalue weighted by Crippen LogP contribution is 2.15. The fourth-order valence-corrected chi connectivity index (χ4v) is 3.61. The summed E-state index contributed by atoms with van der Waals surface area (Å²) in [6, 6.07) is 0. The van der Waals surface area contributed by atoms with Gasteiger partial charge in [-0.3, -0.25) is 9.89 Å². The molecule has 0 bridgehead atoms. The van der Waals surface area contributed by atoms with Gasteiger partial charge in [-0.05, 0) is 26.7 Å². The van der Waals surface area contributed by atoms with Gasteiger partial charge in [0.1, 0.15) is 0 Å². The summed E-state index contributed by atoms with van der Waals surface area (Å²) in [5.41, 5.74) is 0. The first-order valence-corrected chi connectivity index (χ1v) is 10.7. The molecule has 0 spiro atoms.